The van der Waals surface area contributed by atoms with Crippen LogP contribution in [0.3, 0.4) is 0 Å². The molecule has 0 aliphatic carbocycles. The molecule has 0 unspecified atom stereocenters. The molecule has 0 radical (unpaired) electrons. The molecule has 0 aromatic carbocycles. The molecule has 1 fully saturated rings. The van der Waals surface area contributed by atoms with E-state index in [-0.39, 0.29) is 0 Å². The van der Waals surface area contributed by atoms with Crippen molar-refractivity contribution >= 4 is 30.7 Å². The molecule has 1 saturated heterocycles. The summed E-state index contributed by atoms with van der Waals surface area (Å²) >= 11 is 3.84. The van der Waals surface area contributed by atoms with Crippen molar-refractivity contribution in [2.45, 2.75) is 24.6 Å². The Morgan fingerprint density at radius 3 is 2.17 bits per heavy atom. The molecule has 0 N–H and O–H groups in total. The van der Waals surface area contributed by atoms with Gasteiger partial charge in [0.1, 0.15) is 11.5 Å². The van der Waals surface area contributed by atoms with E-state index in [1.807, 2.05) is 23.5 Å². The summed E-state index contributed by atoms with van der Waals surface area (Å²) in [4.78, 5) is 0. The highest BCUT2D eigenvalue weighted by Gasteiger charge is 2.31. The van der Waals surface area contributed by atoms with Crippen molar-refractivity contribution in [3.63, 3.8) is 0 Å². The highest BCUT2D eigenvalue weighted by molar-refractivity contribution is 8.25. The zero-order chi connectivity index (χ0) is 9.03. The lowest BCUT2D eigenvalue weighted by atomic mass is 10.6. The van der Waals surface area contributed by atoms with E-state index in [9.17, 15) is 4.57 Å². The molecular weight excluding hydrogens is 207 g/mol. The van der Waals surface area contributed by atoms with Gasteiger partial charge in [-0.3, -0.25) is 0 Å². The Kier molecular flexibility index (Phi) is 4.56. The summed E-state index contributed by atoms with van der Waals surface area (Å²) in [6.07, 6.45) is 3.06. The van der Waals surface area contributed by atoms with E-state index < -0.39 is 7.14 Å². The summed E-state index contributed by atoms with van der Waals surface area (Å²) in [7, 11) is -1.83. The molecule has 1 heterocycles. The Hall–Kier alpha value is 0.930. The average Bonchev–Trinajstić information content (AvgIpc) is 2.18. The molecule has 1 aliphatic rings. The summed E-state index contributed by atoms with van der Waals surface area (Å²) in [5.74, 6) is 2.42. The minimum absolute atomic E-state index is 0.418. The smallest absolute Gasteiger partial charge is 0.109 e. The Balaban J connectivity index is 2.58. The van der Waals surface area contributed by atoms with Gasteiger partial charge in [0.05, 0.1) is 0 Å². The third-order valence-corrected chi connectivity index (χ3v) is 10.8. The molecular formula is C8H17OPS2. The number of rotatable bonds is 3. The number of hydrogen-bond donors (Lipinski definition) is 0. The van der Waals surface area contributed by atoms with Crippen molar-refractivity contribution in [3.8, 4) is 0 Å². The molecule has 0 aromatic heterocycles. The number of hydrogen-bond acceptors (Lipinski definition) is 3. The van der Waals surface area contributed by atoms with Crippen molar-refractivity contribution in [2.24, 2.45) is 0 Å². The molecule has 1 rings (SSSR count). The molecule has 0 saturated carbocycles. The van der Waals surface area contributed by atoms with E-state index in [1.54, 1.807) is 0 Å². The van der Waals surface area contributed by atoms with Gasteiger partial charge in [-0.25, -0.2) is 0 Å². The van der Waals surface area contributed by atoms with Crippen LogP contribution in [0.2, 0.25) is 0 Å². The molecule has 0 bridgehead atoms. The zero-order valence-electron chi connectivity index (χ0n) is 7.78. The zero-order valence-corrected chi connectivity index (χ0v) is 10.3. The lowest BCUT2D eigenvalue weighted by molar-refractivity contribution is 0.578. The van der Waals surface area contributed by atoms with Crippen LogP contribution in [-0.4, -0.2) is 28.2 Å². The van der Waals surface area contributed by atoms with Crippen LogP contribution in [0, 0.1) is 0 Å². The fraction of sp³-hybridized carbons (Fsp3) is 1.00. The highest BCUT2D eigenvalue weighted by Crippen LogP contribution is 2.60. The van der Waals surface area contributed by atoms with Crippen molar-refractivity contribution in [2.75, 3.05) is 23.8 Å². The Bertz CT molecular complexity index is 170. The first-order valence-electron chi connectivity index (χ1n) is 4.54. The fourth-order valence-corrected chi connectivity index (χ4v) is 9.08. The predicted octanol–water partition coefficient (Wildman–Crippen LogP) is 3.54. The van der Waals surface area contributed by atoms with Gasteiger partial charge < -0.3 is 4.57 Å². The first-order valence-corrected chi connectivity index (χ1v) is 8.78. The molecule has 4 heteroatoms. The Morgan fingerprint density at radius 2 is 1.75 bits per heavy atom. The van der Waals surface area contributed by atoms with Gasteiger partial charge in [-0.1, -0.05) is 13.8 Å². The van der Waals surface area contributed by atoms with Gasteiger partial charge in [-0.15, -0.1) is 23.5 Å². The Morgan fingerprint density at radius 1 is 1.25 bits per heavy atom. The van der Waals surface area contributed by atoms with Gasteiger partial charge in [0.25, 0.3) is 0 Å². The van der Waals surface area contributed by atoms with E-state index in [0.29, 0.717) is 4.32 Å². The van der Waals surface area contributed by atoms with Gasteiger partial charge in [-0.05, 0) is 30.3 Å². The van der Waals surface area contributed by atoms with Gasteiger partial charge in [0, 0.05) is 0 Å². The lowest BCUT2D eigenvalue weighted by Gasteiger charge is -2.28. The summed E-state index contributed by atoms with van der Waals surface area (Å²) < 4.78 is 12.7. The largest absolute Gasteiger partial charge is 0.322 e. The molecule has 0 spiro atoms. The normalized spacial score (nSPS) is 21.2. The first kappa shape index (κ1) is 11.0. The minimum atomic E-state index is -1.83. The summed E-state index contributed by atoms with van der Waals surface area (Å²) in [6, 6.07) is 0. The summed E-state index contributed by atoms with van der Waals surface area (Å²) in [6.45, 7) is 4.14. The topological polar surface area (TPSA) is 17.1 Å². The third kappa shape index (κ3) is 2.46. The summed E-state index contributed by atoms with van der Waals surface area (Å²) in [5, 5.41) is 0. The third-order valence-electron chi connectivity index (χ3n) is 2.26. The maximum Gasteiger partial charge on any atom is 0.109 e. The number of thioether (sulfide) groups is 2. The molecule has 1 aliphatic heterocycles. The second kappa shape index (κ2) is 4.97. The van der Waals surface area contributed by atoms with E-state index in [4.69, 9.17) is 0 Å². The van der Waals surface area contributed by atoms with Gasteiger partial charge in [0.15, 0.2) is 0 Å². The maximum absolute atomic E-state index is 12.3. The standard InChI is InChI=1S/C8H17OPS2/c1-3-10(9,4-2)8-11-6-5-7-12-8/h8H,3-7H2,1-2H3. The van der Waals surface area contributed by atoms with Crippen molar-refractivity contribution < 1.29 is 4.57 Å². The highest BCUT2D eigenvalue weighted by atomic mass is 32.2. The molecule has 0 amide bonds. The predicted molar refractivity (Wildman–Crippen MR) is 62.0 cm³/mol. The lowest BCUT2D eigenvalue weighted by Crippen LogP contribution is -2.10. The van der Waals surface area contributed by atoms with Crippen LogP contribution in [0.4, 0.5) is 0 Å². The van der Waals surface area contributed by atoms with E-state index in [1.165, 1.54) is 17.9 Å². The van der Waals surface area contributed by atoms with Crippen LogP contribution in [0.5, 0.6) is 0 Å². The van der Waals surface area contributed by atoms with E-state index in [2.05, 4.69) is 13.8 Å². The van der Waals surface area contributed by atoms with Gasteiger partial charge in [-0.2, -0.15) is 0 Å². The molecule has 0 atom stereocenters. The van der Waals surface area contributed by atoms with Crippen molar-refractivity contribution in [1.29, 1.82) is 0 Å². The SMILES string of the molecule is CCP(=O)(CC)C1SCCCS1. The van der Waals surface area contributed by atoms with Gasteiger partial charge >= 0.3 is 0 Å². The quantitative estimate of drug-likeness (QED) is 0.682. The summed E-state index contributed by atoms with van der Waals surface area (Å²) in [5.41, 5.74) is 0. The van der Waals surface area contributed by atoms with Crippen LogP contribution < -0.4 is 0 Å². The first-order chi connectivity index (χ1) is 5.73. The fourth-order valence-electron chi connectivity index (χ4n) is 1.27. The van der Waals surface area contributed by atoms with Crippen molar-refractivity contribution in [1.82, 2.24) is 0 Å². The van der Waals surface area contributed by atoms with Crippen LogP contribution in [0.25, 0.3) is 0 Å². The molecule has 1 nitrogen and oxygen atoms in total. The van der Waals surface area contributed by atoms with Crippen LogP contribution in [0.15, 0.2) is 0 Å². The van der Waals surface area contributed by atoms with E-state index in [0.717, 1.165) is 12.3 Å². The van der Waals surface area contributed by atoms with Crippen LogP contribution in [0.1, 0.15) is 20.3 Å². The molecule has 12 heavy (non-hydrogen) atoms. The van der Waals surface area contributed by atoms with Crippen LogP contribution >= 0.6 is 30.7 Å². The Labute approximate surface area is 83.8 Å². The monoisotopic (exact) mass is 224 g/mol. The second-order valence-corrected chi connectivity index (χ2v) is 10.1. The van der Waals surface area contributed by atoms with E-state index >= 15 is 0 Å². The second-order valence-electron chi connectivity index (χ2n) is 2.99. The average molecular weight is 224 g/mol. The van der Waals surface area contributed by atoms with Crippen LogP contribution in [-0.2, 0) is 4.57 Å². The molecule has 0 aromatic rings. The van der Waals surface area contributed by atoms with Gasteiger partial charge in [0.2, 0.25) is 0 Å². The maximum atomic E-state index is 12.3. The van der Waals surface area contributed by atoms with Crippen molar-refractivity contribution in [3.05, 3.63) is 0 Å². The minimum Gasteiger partial charge on any atom is -0.322 e. The molecule has 72 valence electrons.